The van der Waals surface area contributed by atoms with Gasteiger partial charge in [-0.15, -0.1) is 24.0 Å². The molecule has 3 fully saturated rings. The van der Waals surface area contributed by atoms with Gasteiger partial charge in [-0.05, 0) is 52.4 Å². The summed E-state index contributed by atoms with van der Waals surface area (Å²) in [6, 6.07) is 0. The number of hydrogen-bond donors (Lipinski definition) is 1. The summed E-state index contributed by atoms with van der Waals surface area (Å²) in [6.45, 7) is 14.3. The van der Waals surface area contributed by atoms with Crippen molar-refractivity contribution in [2.75, 3.05) is 39.8 Å². The molecule has 0 bridgehead atoms. The Labute approximate surface area is 177 Å². The highest BCUT2D eigenvalue weighted by Crippen LogP contribution is 2.45. The molecule has 2 aliphatic heterocycles. The highest BCUT2D eigenvalue weighted by atomic mass is 127. The summed E-state index contributed by atoms with van der Waals surface area (Å²) in [4.78, 5) is 9.65. The second kappa shape index (κ2) is 8.95. The van der Waals surface area contributed by atoms with Crippen molar-refractivity contribution < 1.29 is 4.74 Å². The van der Waals surface area contributed by atoms with E-state index in [0.717, 1.165) is 32.1 Å². The first-order chi connectivity index (χ1) is 11.8. The monoisotopic (exact) mass is 478 g/mol. The quantitative estimate of drug-likeness (QED) is 0.384. The molecule has 0 aromatic heterocycles. The average molecular weight is 478 g/mol. The van der Waals surface area contributed by atoms with Crippen molar-refractivity contribution in [2.24, 2.45) is 10.4 Å². The molecule has 5 nitrogen and oxygen atoms in total. The Morgan fingerprint density at radius 2 is 1.77 bits per heavy atom. The third-order valence-electron chi connectivity index (χ3n) is 6.57. The molecule has 1 N–H and O–H groups in total. The number of nitrogens with one attached hydrogen (secondary N) is 1. The molecule has 2 saturated heterocycles. The molecule has 3 rings (SSSR count). The standard InChI is InChI=1S/C20H38N4O.HI/c1-16-12-24(13-17(2)25-16)19(3,4)14-22-18(21-5)23-11-10-20(15-23)8-6-7-9-20;/h16-17H,6-15H2,1-5H3,(H,21,22);1H. The van der Waals surface area contributed by atoms with Crippen molar-refractivity contribution in [3.63, 3.8) is 0 Å². The lowest BCUT2D eigenvalue weighted by molar-refractivity contribution is -0.0947. The van der Waals surface area contributed by atoms with Gasteiger partial charge < -0.3 is 15.0 Å². The average Bonchev–Trinajstić information content (AvgIpc) is 3.18. The fourth-order valence-corrected chi connectivity index (χ4v) is 5.06. The normalized spacial score (nSPS) is 29.9. The zero-order chi connectivity index (χ0) is 18.1. The lowest BCUT2D eigenvalue weighted by atomic mass is 9.86. The van der Waals surface area contributed by atoms with E-state index < -0.39 is 0 Å². The molecular formula is C20H39IN4O. The maximum absolute atomic E-state index is 5.90. The van der Waals surface area contributed by atoms with Gasteiger partial charge in [0.25, 0.3) is 0 Å². The number of halogens is 1. The third kappa shape index (κ3) is 5.04. The van der Waals surface area contributed by atoms with Gasteiger partial charge in [-0.25, -0.2) is 0 Å². The minimum Gasteiger partial charge on any atom is -0.373 e. The van der Waals surface area contributed by atoms with Crippen molar-refractivity contribution in [3.05, 3.63) is 0 Å². The maximum atomic E-state index is 5.90. The number of aliphatic imine (C=N–C) groups is 1. The lowest BCUT2D eigenvalue weighted by Crippen LogP contribution is -2.59. The summed E-state index contributed by atoms with van der Waals surface area (Å²) >= 11 is 0. The predicted octanol–water partition coefficient (Wildman–Crippen LogP) is 3.33. The predicted molar refractivity (Wildman–Crippen MR) is 120 cm³/mol. The van der Waals surface area contributed by atoms with Crippen molar-refractivity contribution in [1.29, 1.82) is 0 Å². The van der Waals surface area contributed by atoms with E-state index in [0.29, 0.717) is 17.6 Å². The Bertz CT molecular complexity index is 480. The van der Waals surface area contributed by atoms with E-state index in [-0.39, 0.29) is 29.5 Å². The topological polar surface area (TPSA) is 40.1 Å². The summed E-state index contributed by atoms with van der Waals surface area (Å²) in [5.74, 6) is 1.09. The molecule has 0 radical (unpaired) electrons. The number of morpholine rings is 1. The Kier molecular flexibility index (Phi) is 7.64. The third-order valence-corrected chi connectivity index (χ3v) is 6.57. The smallest absolute Gasteiger partial charge is 0.193 e. The molecular weight excluding hydrogens is 439 g/mol. The van der Waals surface area contributed by atoms with Crippen LogP contribution in [-0.2, 0) is 4.74 Å². The maximum Gasteiger partial charge on any atom is 0.193 e. The van der Waals surface area contributed by atoms with Gasteiger partial charge in [0.2, 0.25) is 0 Å². The minimum atomic E-state index is 0. The number of ether oxygens (including phenoxy) is 1. The highest BCUT2D eigenvalue weighted by Gasteiger charge is 2.41. The molecule has 0 aromatic carbocycles. The van der Waals surface area contributed by atoms with Crippen LogP contribution in [0.5, 0.6) is 0 Å². The van der Waals surface area contributed by atoms with E-state index in [1.807, 2.05) is 7.05 Å². The summed E-state index contributed by atoms with van der Waals surface area (Å²) in [6.07, 6.45) is 7.62. The van der Waals surface area contributed by atoms with Gasteiger partial charge in [0.05, 0.1) is 12.2 Å². The molecule has 0 amide bonds. The zero-order valence-corrected chi connectivity index (χ0v) is 19.7. The van der Waals surface area contributed by atoms with Crippen molar-refractivity contribution in [1.82, 2.24) is 15.1 Å². The van der Waals surface area contributed by atoms with Crippen LogP contribution in [0.15, 0.2) is 4.99 Å². The van der Waals surface area contributed by atoms with Gasteiger partial charge in [0.1, 0.15) is 0 Å². The van der Waals surface area contributed by atoms with Crippen LogP contribution in [0.1, 0.15) is 59.8 Å². The summed E-state index contributed by atoms with van der Waals surface area (Å²) in [5.41, 5.74) is 0.676. The lowest BCUT2D eigenvalue weighted by Gasteiger charge is -2.45. The number of rotatable bonds is 3. The Hall–Kier alpha value is -0.0800. The van der Waals surface area contributed by atoms with Crippen LogP contribution in [0.3, 0.4) is 0 Å². The summed E-state index contributed by atoms with van der Waals surface area (Å²) in [7, 11) is 1.92. The largest absolute Gasteiger partial charge is 0.373 e. The second-order valence-electron chi connectivity index (χ2n) is 9.25. The van der Waals surface area contributed by atoms with Crippen LogP contribution in [0, 0.1) is 5.41 Å². The molecule has 2 heterocycles. The fourth-order valence-electron chi connectivity index (χ4n) is 5.06. The first-order valence-corrected chi connectivity index (χ1v) is 10.2. The van der Waals surface area contributed by atoms with Gasteiger partial charge in [-0.1, -0.05) is 12.8 Å². The van der Waals surface area contributed by atoms with Gasteiger partial charge in [-0.2, -0.15) is 0 Å². The molecule has 1 saturated carbocycles. The molecule has 152 valence electrons. The van der Waals surface area contributed by atoms with E-state index in [1.165, 1.54) is 38.6 Å². The van der Waals surface area contributed by atoms with Crippen LogP contribution in [0.4, 0.5) is 0 Å². The molecule has 26 heavy (non-hydrogen) atoms. The zero-order valence-electron chi connectivity index (χ0n) is 17.4. The second-order valence-corrected chi connectivity index (χ2v) is 9.25. The summed E-state index contributed by atoms with van der Waals surface area (Å²) in [5, 5.41) is 3.68. The Balaban J connectivity index is 0.00000243. The number of nitrogens with zero attached hydrogens (tertiary/aromatic N) is 3. The highest BCUT2D eigenvalue weighted by molar-refractivity contribution is 14.0. The van der Waals surface area contributed by atoms with Gasteiger partial charge in [0.15, 0.2) is 5.96 Å². The molecule has 2 unspecified atom stereocenters. The van der Waals surface area contributed by atoms with Crippen molar-refractivity contribution >= 4 is 29.9 Å². The van der Waals surface area contributed by atoms with Gasteiger partial charge in [-0.3, -0.25) is 9.89 Å². The van der Waals surface area contributed by atoms with Crippen LogP contribution >= 0.6 is 24.0 Å². The van der Waals surface area contributed by atoms with Crippen LogP contribution in [0.25, 0.3) is 0 Å². The molecule has 0 aromatic rings. The molecule has 1 spiro atoms. The summed E-state index contributed by atoms with van der Waals surface area (Å²) < 4.78 is 5.90. The molecule has 2 atom stereocenters. The molecule has 6 heteroatoms. The van der Waals surface area contributed by atoms with Crippen molar-refractivity contribution in [2.45, 2.75) is 77.5 Å². The van der Waals surface area contributed by atoms with E-state index in [9.17, 15) is 0 Å². The first-order valence-electron chi connectivity index (χ1n) is 10.2. The molecule has 3 aliphatic rings. The SMILES string of the molecule is CN=C(NCC(C)(C)N1CC(C)OC(C)C1)N1CCC2(CCCC2)C1.I. The number of hydrogen-bond acceptors (Lipinski definition) is 3. The van der Waals surface area contributed by atoms with E-state index in [4.69, 9.17) is 4.74 Å². The van der Waals surface area contributed by atoms with E-state index in [1.54, 1.807) is 0 Å². The number of likely N-dealkylation sites (tertiary alicyclic amines) is 1. The van der Waals surface area contributed by atoms with Crippen molar-refractivity contribution in [3.8, 4) is 0 Å². The first kappa shape index (κ1) is 22.2. The van der Waals surface area contributed by atoms with Gasteiger partial charge >= 0.3 is 0 Å². The number of guanidine groups is 1. The Morgan fingerprint density at radius 1 is 1.15 bits per heavy atom. The fraction of sp³-hybridized carbons (Fsp3) is 0.950. The van der Waals surface area contributed by atoms with E-state index in [2.05, 4.69) is 47.8 Å². The van der Waals surface area contributed by atoms with Crippen LogP contribution in [0.2, 0.25) is 0 Å². The van der Waals surface area contributed by atoms with Crippen LogP contribution < -0.4 is 5.32 Å². The molecule has 1 aliphatic carbocycles. The van der Waals surface area contributed by atoms with Gasteiger partial charge in [0, 0.05) is 45.3 Å². The van der Waals surface area contributed by atoms with Crippen LogP contribution in [-0.4, -0.2) is 73.3 Å². The van der Waals surface area contributed by atoms with E-state index >= 15 is 0 Å². The minimum absolute atomic E-state index is 0. The Morgan fingerprint density at radius 3 is 2.35 bits per heavy atom.